The Morgan fingerprint density at radius 2 is 2.04 bits per heavy atom. The third-order valence-electron chi connectivity index (χ3n) is 4.27. The van der Waals surface area contributed by atoms with Crippen molar-refractivity contribution in [1.82, 2.24) is 10.6 Å². The molecule has 0 radical (unpaired) electrons. The van der Waals surface area contributed by atoms with Crippen LogP contribution in [-0.2, 0) is 0 Å². The summed E-state index contributed by atoms with van der Waals surface area (Å²) in [5, 5.41) is 15.2. The molecule has 1 aromatic rings. The molecule has 1 aliphatic rings. The molecule has 0 aromatic heterocycles. The van der Waals surface area contributed by atoms with Gasteiger partial charge in [0.1, 0.15) is 17.3 Å². The van der Waals surface area contributed by atoms with Crippen LogP contribution in [-0.4, -0.2) is 42.9 Å². The van der Waals surface area contributed by atoms with E-state index in [1.54, 1.807) is 4.90 Å². The van der Waals surface area contributed by atoms with Crippen molar-refractivity contribution >= 4 is 11.7 Å². The van der Waals surface area contributed by atoms with Gasteiger partial charge in [0.15, 0.2) is 0 Å². The Labute approximate surface area is 141 Å². The zero-order chi connectivity index (χ0) is 17.7. The van der Waals surface area contributed by atoms with Crippen LogP contribution in [0.1, 0.15) is 26.7 Å². The molecule has 2 amide bonds. The van der Waals surface area contributed by atoms with Crippen LogP contribution in [0, 0.1) is 17.6 Å². The number of carbonyl (C=O) groups excluding carboxylic acids is 1. The van der Waals surface area contributed by atoms with Crippen molar-refractivity contribution in [2.45, 2.75) is 38.8 Å². The first kappa shape index (κ1) is 18.4. The second-order valence-electron chi connectivity index (χ2n) is 6.50. The number of hydrogen-bond donors (Lipinski definition) is 3. The fourth-order valence-electron chi connectivity index (χ4n) is 2.78. The van der Waals surface area contributed by atoms with E-state index in [4.69, 9.17) is 0 Å². The minimum atomic E-state index is -0.595. The zero-order valence-electron chi connectivity index (χ0n) is 14.1. The highest BCUT2D eigenvalue weighted by Gasteiger charge is 2.27. The van der Waals surface area contributed by atoms with Gasteiger partial charge in [-0.1, -0.05) is 19.9 Å². The van der Waals surface area contributed by atoms with Gasteiger partial charge in [-0.25, -0.2) is 13.6 Å². The molecule has 0 bridgehead atoms. The van der Waals surface area contributed by atoms with E-state index >= 15 is 0 Å². The Morgan fingerprint density at radius 1 is 1.38 bits per heavy atom. The largest absolute Gasteiger partial charge is 0.393 e. The van der Waals surface area contributed by atoms with Crippen LogP contribution in [0.15, 0.2) is 18.2 Å². The number of anilines is 1. The molecular formula is C17H25F2N3O2. The van der Waals surface area contributed by atoms with Gasteiger partial charge >= 0.3 is 6.03 Å². The SMILES string of the molecule is CC(C)C(O)CCNC(=O)NC1CCN(c2c(F)cccc2F)C1. The van der Waals surface area contributed by atoms with Gasteiger partial charge in [-0.2, -0.15) is 0 Å². The van der Waals surface area contributed by atoms with Crippen LogP contribution >= 0.6 is 0 Å². The Morgan fingerprint density at radius 3 is 2.67 bits per heavy atom. The van der Waals surface area contributed by atoms with Crippen LogP contribution in [0.5, 0.6) is 0 Å². The normalized spacial score (nSPS) is 18.8. The summed E-state index contributed by atoms with van der Waals surface area (Å²) in [4.78, 5) is 13.5. The second kappa shape index (κ2) is 8.28. The summed E-state index contributed by atoms with van der Waals surface area (Å²) in [6.45, 7) is 5.05. The van der Waals surface area contributed by atoms with Crippen LogP contribution in [0.2, 0.25) is 0 Å². The Bertz CT molecular complexity index is 549. The predicted molar refractivity (Wildman–Crippen MR) is 89.0 cm³/mol. The first-order valence-corrected chi connectivity index (χ1v) is 8.30. The lowest BCUT2D eigenvalue weighted by Crippen LogP contribution is -2.44. The van der Waals surface area contributed by atoms with Crippen LogP contribution in [0.25, 0.3) is 0 Å². The van der Waals surface area contributed by atoms with Gasteiger partial charge in [0.05, 0.1) is 6.10 Å². The maximum atomic E-state index is 13.8. The summed E-state index contributed by atoms with van der Waals surface area (Å²) in [5.74, 6) is -1.04. The van der Waals surface area contributed by atoms with E-state index in [9.17, 15) is 18.7 Å². The number of aliphatic hydroxyl groups excluding tert-OH is 1. The summed E-state index contributed by atoms with van der Waals surface area (Å²) >= 11 is 0. The van der Waals surface area contributed by atoms with Gasteiger partial charge in [-0.05, 0) is 30.9 Å². The number of urea groups is 1. The number of aliphatic hydroxyl groups is 1. The third-order valence-corrected chi connectivity index (χ3v) is 4.27. The van der Waals surface area contributed by atoms with Gasteiger partial charge in [0.25, 0.3) is 0 Å². The first-order valence-electron chi connectivity index (χ1n) is 8.30. The number of para-hydroxylation sites is 1. The first-order chi connectivity index (χ1) is 11.4. The lowest BCUT2D eigenvalue weighted by Gasteiger charge is -2.20. The third kappa shape index (κ3) is 4.80. The highest BCUT2D eigenvalue weighted by molar-refractivity contribution is 5.74. The number of carbonyl (C=O) groups is 1. The zero-order valence-corrected chi connectivity index (χ0v) is 14.1. The van der Waals surface area contributed by atoms with Gasteiger partial charge in [0, 0.05) is 25.7 Å². The molecule has 7 heteroatoms. The number of rotatable bonds is 6. The van der Waals surface area contributed by atoms with Crippen molar-refractivity contribution in [3.63, 3.8) is 0 Å². The lowest BCUT2D eigenvalue weighted by molar-refractivity contribution is 0.116. The van der Waals surface area contributed by atoms with E-state index in [0.29, 0.717) is 32.5 Å². The van der Waals surface area contributed by atoms with E-state index in [2.05, 4.69) is 10.6 Å². The molecule has 3 N–H and O–H groups in total. The summed E-state index contributed by atoms with van der Waals surface area (Å²) in [6.07, 6.45) is 0.661. The maximum Gasteiger partial charge on any atom is 0.315 e. The van der Waals surface area contributed by atoms with Gasteiger partial charge in [-0.15, -0.1) is 0 Å². The van der Waals surface area contributed by atoms with Crippen LogP contribution < -0.4 is 15.5 Å². The molecular weight excluding hydrogens is 316 g/mol. The van der Waals surface area contributed by atoms with Crippen molar-refractivity contribution in [2.24, 2.45) is 5.92 Å². The molecule has 5 nitrogen and oxygen atoms in total. The number of benzene rings is 1. The number of halogens is 2. The minimum Gasteiger partial charge on any atom is -0.393 e. The molecule has 1 aliphatic heterocycles. The van der Waals surface area contributed by atoms with Gasteiger partial charge in [0.2, 0.25) is 0 Å². The molecule has 2 unspecified atom stereocenters. The molecule has 0 saturated carbocycles. The van der Waals surface area contributed by atoms with E-state index < -0.39 is 17.7 Å². The molecule has 1 fully saturated rings. The standard InChI is InChI=1S/C17H25F2N3O2/c1-11(2)15(23)6-8-20-17(24)21-12-7-9-22(10-12)16-13(18)4-3-5-14(16)19/h3-5,11-12,15,23H,6-10H2,1-2H3,(H2,20,21,24). The Hall–Kier alpha value is -1.89. The molecule has 134 valence electrons. The quantitative estimate of drug-likeness (QED) is 0.744. The summed E-state index contributed by atoms with van der Waals surface area (Å²) in [7, 11) is 0. The predicted octanol–water partition coefficient (Wildman–Crippen LogP) is 2.25. The van der Waals surface area contributed by atoms with Crippen molar-refractivity contribution in [2.75, 3.05) is 24.5 Å². The van der Waals surface area contributed by atoms with Crippen molar-refractivity contribution in [3.05, 3.63) is 29.8 Å². The summed E-state index contributed by atoms with van der Waals surface area (Å²) < 4.78 is 27.6. The molecule has 1 heterocycles. The Balaban J connectivity index is 1.78. The second-order valence-corrected chi connectivity index (χ2v) is 6.50. The van der Waals surface area contributed by atoms with Crippen molar-refractivity contribution in [3.8, 4) is 0 Å². The molecule has 2 atom stereocenters. The van der Waals surface area contributed by atoms with E-state index in [1.165, 1.54) is 18.2 Å². The van der Waals surface area contributed by atoms with Crippen LogP contribution in [0.4, 0.5) is 19.3 Å². The number of nitrogens with zero attached hydrogens (tertiary/aromatic N) is 1. The highest BCUT2D eigenvalue weighted by atomic mass is 19.1. The molecule has 24 heavy (non-hydrogen) atoms. The summed E-state index contributed by atoms with van der Waals surface area (Å²) in [6, 6.07) is 3.29. The fourth-order valence-corrected chi connectivity index (χ4v) is 2.78. The molecule has 0 aliphatic carbocycles. The van der Waals surface area contributed by atoms with Gasteiger partial charge < -0.3 is 20.6 Å². The molecule has 1 aromatic carbocycles. The number of nitrogens with one attached hydrogen (secondary N) is 2. The van der Waals surface area contributed by atoms with E-state index in [-0.39, 0.29) is 23.7 Å². The van der Waals surface area contributed by atoms with E-state index in [1.807, 2.05) is 13.8 Å². The fraction of sp³-hybridized carbons (Fsp3) is 0.588. The highest BCUT2D eigenvalue weighted by Crippen LogP contribution is 2.26. The Kier molecular flexibility index (Phi) is 6.36. The molecule has 2 rings (SSSR count). The van der Waals surface area contributed by atoms with Gasteiger partial charge in [-0.3, -0.25) is 0 Å². The average molecular weight is 341 g/mol. The molecule has 0 spiro atoms. The van der Waals surface area contributed by atoms with Crippen molar-refractivity contribution in [1.29, 1.82) is 0 Å². The number of amides is 2. The van der Waals surface area contributed by atoms with E-state index in [0.717, 1.165) is 0 Å². The number of hydrogen-bond acceptors (Lipinski definition) is 3. The topological polar surface area (TPSA) is 64.6 Å². The molecule has 1 saturated heterocycles. The smallest absolute Gasteiger partial charge is 0.315 e. The minimum absolute atomic E-state index is 0.0396. The maximum absolute atomic E-state index is 13.8. The van der Waals surface area contributed by atoms with Crippen LogP contribution in [0.3, 0.4) is 0 Å². The summed E-state index contributed by atoms with van der Waals surface area (Å²) in [5.41, 5.74) is -0.0396. The lowest BCUT2D eigenvalue weighted by atomic mass is 10.0. The average Bonchev–Trinajstić information content (AvgIpc) is 2.94. The monoisotopic (exact) mass is 341 g/mol. The van der Waals surface area contributed by atoms with Crippen molar-refractivity contribution < 1.29 is 18.7 Å².